The highest BCUT2D eigenvalue weighted by atomic mass is 32.2. The molecule has 148 valence electrons. The van der Waals surface area contributed by atoms with Gasteiger partial charge in [0.1, 0.15) is 12.4 Å². The summed E-state index contributed by atoms with van der Waals surface area (Å²) < 4.78 is 32.8. The number of carbonyl (C=O) groups is 1. The lowest BCUT2D eigenvalue weighted by atomic mass is 9.95. The fraction of sp³-hybridized carbons (Fsp3) is 0.381. The highest BCUT2D eigenvalue weighted by Gasteiger charge is 2.34. The number of nitrogens with zero attached hydrogens (tertiary/aromatic N) is 2. The van der Waals surface area contributed by atoms with Crippen molar-refractivity contribution in [2.75, 3.05) is 32.8 Å². The molecule has 2 heterocycles. The van der Waals surface area contributed by atoms with Crippen molar-refractivity contribution in [1.82, 2.24) is 9.21 Å². The first-order valence-electron chi connectivity index (χ1n) is 9.51. The summed E-state index contributed by atoms with van der Waals surface area (Å²) in [5.74, 6) is 0.678. The Kier molecular flexibility index (Phi) is 5.12. The van der Waals surface area contributed by atoms with Crippen molar-refractivity contribution in [2.24, 2.45) is 5.92 Å². The number of carbonyl (C=O) groups excluding carboxylic acids is 1. The summed E-state index contributed by atoms with van der Waals surface area (Å²) in [5, 5.41) is 0. The number of rotatable bonds is 3. The van der Waals surface area contributed by atoms with Crippen LogP contribution in [0.15, 0.2) is 53.4 Å². The number of fused-ring (bicyclic) bond motifs is 1. The van der Waals surface area contributed by atoms with Crippen LogP contribution in [0, 0.1) is 12.8 Å². The van der Waals surface area contributed by atoms with Gasteiger partial charge in [0.2, 0.25) is 15.9 Å². The lowest BCUT2D eigenvalue weighted by molar-refractivity contribution is -0.138. The Bertz CT molecular complexity index is 964. The molecule has 0 radical (unpaired) electrons. The zero-order valence-electron chi connectivity index (χ0n) is 15.9. The lowest BCUT2D eigenvalue weighted by Gasteiger charge is -2.36. The molecular formula is C21H24N2O4S. The number of sulfonamides is 1. The van der Waals surface area contributed by atoms with Crippen LogP contribution in [0.2, 0.25) is 0 Å². The molecule has 0 aliphatic carbocycles. The smallest absolute Gasteiger partial charge is 0.243 e. The molecule has 0 saturated carbocycles. The average molecular weight is 401 g/mol. The lowest BCUT2D eigenvalue weighted by Crippen LogP contribution is -2.52. The summed E-state index contributed by atoms with van der Waals surface area (Å²) in [6.45, 7) is 3.73. The molecule has 7 heteroatoms. The first-order valence-corrected chi connectivity index (χ1v) is 11.0. The van der Waals surface area contributed by atoms with Gasteiger partial charge in [-0.05, 0) is 37.1 Å². The van der Waals surface area contributed by atoms with E-state index in [2.05, 4.69) is 0 Å². The van der Waals surface area contributed by atoms with Gasteiger partial charge < -0.3 is 9.64 Å². The normalized spacial score (nSPS) is 20.3. The van der Waals surface area contributed by atoms with Crippen LogP contribution < -0.4 is 4.74 Å². The van der Waals surface area contributed by atoms with E-state index in [1.807, 2.05) is 31.2 Å². The van der Waals surface area contributed by atoms with Gasteiger partial charge in [-0.15, -0.1) is 0 Å². The monoisotopic (exact) mass is 400 g/mol. The second kappa shape index (κ2) is 7.56. The molecule has 0 N–H and O–H groups in total. The third kappa shape index (κ3) is 3.64. The van der Waals surface area contributed by atoms with Crippen LogP contribution in [0.1, 0.15) is 11.1 Å². The number of piperazine rings is 1. The van der Waals surface area contributed by atoms with Gasteiger partial charge in [-0.1, -0.05) is 35.9 Å². The zero-order valence-corrected chi connectivity index (χ0v) is 16.7. The average Bonchev–Trinajstić information content (AvgIpc) is 2.73. The van der Waals surface area contributed by atoms with Gasteiger partial charge >= 0.3 is 0 Å². The second-order valence-electron chi connectivity index (χ2n) is 7.36. The highest BCUT2D eigenvalue weighted by molar-refractivity contribution is 7.89. The quantitative estimate of drug-likeness (QED) is 0.791. The van der Waals surface area contributed by atoms with E-state index in [0.717, 1.165) is 16.9 Å². The Balaban J connectivity index is 1.39. The van der Waals surface area contributed by atoms with Crippen LogP contribution >= 0.6 is 0 Å². The van der Waals surface area contributed by atoms with E-state index < -0.39 is 10.0 Å². The number of ether oxygens (including phenoxy) is 1. The maximum atomic E-state index is 12.9. The molecule has 2 aromatic rings. The minimum Gasteiger partial charge on any atom is -0.492 e. The Morgan fingerprint density at radius 3 is 2.39 bits per heavy atom. The number of benzene rings is 2. The standard InChI is InChI=1S/C21H24N2O4S/c1-16-6-8-19(9-7-16)28(25,26)23-12-10-22(11-13-23)21(24)18-14-17-4-2-3-5-20(17)27-15-18/h2-9,18H,10-15H2,1H3/t18-/m0/s1. The first-order chi connectivity index (χ1) is 13.4. The van der Waals surface area contributed by atoms with E-state index in [-0.39, 0.29) is 11.8 Å². The number of hydrogen-bond donors (Lipinski definition) is 0. The van der Waals surface area contributed by atoms with E-state index in [1.165, 1.54) is 4.31 Å². The molecular weight excluding hydrogens is 376 g/mol. The van der Waals surface area contributed by atoms with E-state index in [4.69, 9.17) is 4.74 Å². The molecule has 1 saturated heterocycles. The van der Waals surface area contributed by atoms with Crippen molar-refractivity contribution in [3.63, 3.8) is 0 Å². The van der Waals surface area contributed by atoms with Gasteiger partial charge in [-0.25, -0.2) is 8.42 Å². The number of amides is 1. The Labute approximate surface area is 165 Å². The van der Waals surface area contributed by atoms with Crippen LogP contribution in [-0.2, 0) is 21.2 Å². The molecule has 6 nitrogen and oxygen atoms in total. The third-order valence-corrected chi connectivity index (χ3v) is 7.35. The molecule has 28 heavy (non-hydrogen) atoms. The fourth-order valence-electron chi connectivity index (χ4n) is 3.75. The van der Waals surface area contributed by atoms with Crippen LogP contribution in [0.4, 0.5) is 0 Å². The zero-order chi connectivity index (χ0) is 19.7. The summed E-state index contributed by atoms with van der Waals surface area (Å²) in [4.78, 5) is 15.0. The van der Waals surface area contributed by atoms with Crippen LogP contribution in [0.3, 0.4) is 0 Å². The second-order valence-corrected chi connectivity index (χ2v) is 9.30. The number of hydrogen-bond acceptors (Lipinski definition) is 4. The van der Waals surface area contributed by atoms with E-state index in [1.54, 1.807) is 29.2 Å². The summed E-state index contributed by atoms with van der Waals surface area (Å²) in [7, 11) is -3.52. The van der Waals surface area contributed by atoms with Crippen molar-refractivity contribution in [2.45, 2.75) is 18.2 Å². The molecule has 0 aromatic heterocycles. The van der Waals surface area contributed by atoms with Crippen molar-refractivity contribution in [3.05, 3.63) is 59.7 Å². The Morgan fingerprint density at radius 2 is 1.68 bits per heavy atom. The number of aryl methyl sites for hydroxylation is 1. The van der Waals surface area contributed by atoms with E-state index in [0.29, 0.717) is 44.1 Å². The first kappa shape index (κ1) is 19.0. The van der Waals surface area contributed by atoms with E-state index in [9.17, 15) is 13.2 Å². The highest BCUT2D eigenvalue weighted by Crippen LogP contribution is 2.28. The molecule has 1 fully saturated rings. The minimum atomic E-state index is -3.52. The SMILES string of the molecule is Cc1ccc(S(=O)(=O)N2CCN(C(=O)[C@@H]3COc4ccccc4C3)CC2)cc1. The van der Waals surface area contributed by atoms with Crippen LogP contribution in [-0.4, -0.2) is 56.3 Å². The maximum absolute atomic E-state index is 12.9. The molecule has 0 bridgehead atoms. The van der Waals surface area contributed by atoms with E-state index >= 15 is 0 Å². The van der Waals surface area contributed by atoms with Crippen molar-refractivity contribution < 1.29 is 17.9 Å². The van der Waals surface area contributed by atoms with Crippen LogP contribution in [0.25, 0.3) is 0 Å². The summed E-state index contributed by atoms with van der Waals surface area (Å²) in [6, 6.07) is 14.7. The summed E-state index contributed by atoms with van der Waals surface area (Å²) >= 11 is 0. The van der Waals surface area contributed by atoms with Gasteiger partial charge in [0.15, 0.2) is 0 Å². The van der Waals surface area contributed by atoms with Gasteiger partial charge in [0, 0.05) is 26.2 Å². The maximum Gasteiger partial charge on any atom is 0.243 e. The van der Waals surface area contributed by atoms with Gasteiger partial charge in [-0.2, -0.15) is 4.31 Å². The predicted octanol–water partition coefficient (Wildman–Crippen LogP) is 2.08. The Hall–Kier alpha value is -2.38. The molecule has 0 unspecified atom stereocenters. The number of para-hydroxylation sites is 1. The third-order valence-electron chi connectivity index (χ3n) is 5.44. The predicted molar refractivity (Wildman–Crippen MR) is 106 cm³/mol. The summed E-state index contributed by atoms with van der Waals surface area (Å²) in [6.07, 6.45) is 0.664. The van der Waals surface area contributed by atoms with Crippen molar-refractivity contribution in [1.29, 1.82) is 0 Å². The molecule has 2 aromatic carbocycles. The topological polar surface area (TPSA) is 66.9 Å². The molecule has 0 spiro atoms. The van der Waals surface area contributed by atoms with Gasteiger partial charge in [0.05, 0.1) is 10.8 Å². The Morgan fingerprint density at radius 1 is 1.00 bits per heavy atom. The summed E-state index contributed by atoms with van der Waals surface area (Å²) in [5.41, 5.74) is 2.07. The molecule has 2 aliphatic heterocycles. The van der Waals surface area contributed by atoms with Gasteiger partial charge in [-0.3, -0.25) is 4.79 Å². The fourth-order valence-corrected chi connectivity index (χ4v) is 5.18. The van der Waals surface area contributed by atoms with Crippen LogP contribution in [0.5, 0.6) is 5.75 Å². The minimum absolute atomic E-state index is 0.0434. The van der Waals surface area contributed by atoms with Crippen molar-refractivity contribution in [3.8, 4) is 5.75 Å². The van der Waals surface area contributed by atoms with Crippen molar-refractivity contribution >= 4 is 15.9 Å². The van der Waals surface area contributed by atoms with Gasteiger partial charge in [0.25, 0.3) is 0 Å². The molecule has 2 aliphatic rings. The largest absolute Gasteiger partial charge is 0.492 e. The molecule has 4 rings (SSSR count). The molecule has 1 amide bonds. The molecule has 1 atom stereocenters.